The number of amides is 2. The molecule has 0 aliphatic heterocycles. The molecule has 174 valence electrons. The molecule has 2 rings (SSSR count). The van der Waals surface area contributed by atoms with Gasteiger partial charge in [0.1, 0.15) is 0 Å². The molecule has 31 heavy (non-hydrogen) atoms. The van der Waals surface area contributed by atoms with Crippen LogP contribution in [0.15, 0.2) is 24.3 Å². The van der Waals surface area contributed by atoms with Gasteiger partial charge in [-0.3, -0.25) is 9.59 Å². The molecular weight excluding hydrogens is 411 g/mol. The monoisotopic (exact) mass is 443 g/mol. The van der Waals surface area contributed by atoms with Crippen molar-refractivity contribution in [3.63, 3.8) is 0 Å². The Labute approximate surface area is 181 Å². The first-order valence-electron chi connectivity index (χ1n) is 10.7. The van der Waals surface area contributed by atoms with Crippen LogP contribution in [0.2, 0.25) is 0 Å². The van der Waals surface area contributed by atoms with Gasteiger partial charge in [-0.15, -0.1) is 0 Å². The van der Waals surface area contributed by atoms with Gasteiger partial charge in [0.15, 0.2) is 0 Å². The lowest BCUT2D eigenvalue weighted by Gasteiger charge is -2.40. The van der Waals surface area contributed by atoms with E-state index >= 15 is 0 Å². The minimum atomic E-state index is -4.55. The van der Waals surface area contributed by atoms with Crippen LogP contribution in [0.25, 0.3) is 0 Å². The average Bonchev–Trinajstić information content (AvgIpc) is 2.71. The Hall–Kier alpha value is -2.13. The Bertz CT molecular complexity index is 755. The molecule has 4 N–H and O–H groups in total. The van der Waals surface area contributed by atoms with E-state index < -0.39 is 29.7 Å². The molecule has 0 saturated heterocycles. The topological polar surface area (TPSA) is 90.5 Å². The van der Waals surface area contributed by atoms with E-state index in [9.17, 15) is 27.9 Å². The van der Waals surface area contributed by atoms with Crippen molar-refractivity contribution in [1.29, 1.82) is 0 Å². The Kier molecular flexibility index (Phi) is 8.88. The highest BCUT2D eigenvalue weighted by atomic mass is 19.4. The molecule has 1 aliphatic rings. The molecule has 0 bridgehead atoms. The van der Waals surface area contributed by atoms with Crippen LogP contribution >= 0.6 is 0 Å². The summed E-state index contributed by atoms with van der Waals surface area (Å²) in [7, 11) is 0. The fraction of sp³-hybridized carbons (Fsp3) is 0.636. The third-order valence-electron chi connectivity index (χ3n) is 5.59. The zero-order chi connectivity index (χ0) is 23.2. The summed E-state index contributed by atoms with van der Waals surface area (Å²) in [5.74, 6) is -1.30. The molecule has 2 amide bonds. The summed E-state index contributed by atoms with van der Waals surface area (Å²) in [5.41, 5.74) is -1.09. The second-order valence-electron chi connectivity index (χ2n) is 8.41. The molecule has 0 heterocycles. The molecule has 0 spiro atoms. The van der Waals surface area contributed by atoms with Gasteiger partial charge < -0.3 is 21.1 Å². The minimum absolute atomic E-state index is 0.113. The van der Waals surface area contributed by atoms with Crippen LogP contribution in [0.5, 0.6) is 0 Å². The van der Waals surface area contributed by atoms with Crippen LogP contribution in [0.3, 0.4) is 0 Å². The van der Waals surface area contributed by atoms with Gasteiger partial charge in [-0.25, -0.2) is 0 Å². The van der Waals surface area contributed by atoms with Crippen molar-refractivity contribution in [2.45, 2.75) is 76.9 Å². The lowest BCUT2D eigenvalue weighted by Crippen LogP contribution is -2.53. The number of rotatable bonds is 8. The predicted octanol–water partition coefficient (Wildman–Crippen LogP) is 2.86. The van der Waals surface area contributed by atoms with Crippen molar-refractivity contribution in [1.82, 2.24) is 16.0 Å². The van der Waals surface area contributed by atoms with Crippen LogP contribution < -0.4 is 16.0 Å². The van der Waals surface area contributed by atoms with E-state index in [-0.39, 0.29) is 30.1 Å². The number of nitrogens with one attached hydrogen (secondary N) is 3. The van der Waals surface area contributed by atoms with Crippen molar-refractivity contribution in [3.8, 4) is 0 Å². The zero-order valence-corrected chi connectivity index (χ0v) is 18.1. The van der Waals surface area contributed by atoms with Gasteiger partial charge >= 0.3 is 6.18 Å². The first-order chi connectivity index (χ1) is 14.5. The highest BCUT2D eigenvalue weighted by Crippen LogP contribution is 2.30. The van der Waals surface area contributed by atoms with E-state index in [2.05, 4.69) is 29.8 Å². The van der Waals surface area contributed by atoms with Gasteiger partial charge in [-0.1, -0.05) is 26.8 Å². The van der Waals surface area contributed by atoms with E-state index in [0.717, 1.165) is 31.0 Å². The Morgan fingerprint density at radius 1 is 1.23 bits per heavy atom. The standard InChI is InChI=1S/C22H32F3N3O3/c1-4-19(29)17-11-16(27-13(2)3)8-9-18(17)28-20(30)12-26-21(31)14-6-5-7-15(10-14)22(23,24)25/h5-7,10,13,16-19,27,29H,4,8-9,11-12H2,1-3H3,(H,26,31)(H,28,30)/t16-,17-,18+,19?/m1/s1. The van der Waals surface area contributed by atoms with Crippen molar-refractivity contribution >= 4 is 11.8 Å². The number of carbonyl (C=O) groups excluding carboxylic acids is 2. The fourth-order valence-electron chi connectivity index (χ4n) is 4.09. The maximum Gasteiger partial charge on any atom is 0.416 e. The second-order valence-corrected chi connectivity index (χ2v) is 8.41. The highest BCUT2D eigenvalue weighted by molar-refractivity contribution is 5.96. The summed E-state index contributed by atoms with van der Waals surface area (Å²) in [4.78, 5) is 24.6. The number of hydrogen-bond donors (Lipinski definition) is 4. The normalized spacial score (nSPS) is 22.8. The molecule has 1 aromatic carbocycles. The minimum Gasteiger partial charge on any atom is -0.393 e. The summed E-state index contributed by atoms with van der Waals surface area (Å²) in [6, 6.07) is 4.41. The molecule has 9 heteroatoms. The SMILES string of the molecule is CCC(O)[C@@H]1C[C@H](NC(C)C)CC[C@@H]1NC(=O)CNC(=O)c1cccc(C(F)(F)F)c1. The number of benzene rings is 1. The van der Waals surface area contributed by atoms with Gasteiger partial charge in [0, 0.05) is 29.6 Å². The lowest BCUT2D eigenvalue weighted by atomic mass is 9.77. The third kappa shape index (κ3) is 7.50. The van der Waals surface area contributed by atoms with Gasteiger partial charge in [0.25, 0.3) is 5.91 Å². The highest BCUT2D eigenvalue weighted by Gasteiger charge is 2.35. The Morgan fingerprint density at radius 3 is 2.55 bits per heavy atom. The maximum atomic E-state index is 12.8. The molecule has 1 aliphatic carbocycles. The van der Waals surface area contributed by atoms with E-state index in [0.29, 0.717) is 18.9 Å². The number of alkyl halides is 3. The summed E-state index contributed by atoms with van der Waals surface area (Å²) in [6.07, 6.45) is -2.26. The molecule has 0 radical (unpaired) electrons. The smallest absolute Gasteiger partial charge is 0.393 e. The van der Waals surface area contributed by atoms with E-state index in [1.54, 1.807) is 0 Å². The quantitative estimate of drug-likeness (QED) is 0.497. The largest absolute Gasteiger partial charge is 0.416 e. The molecule has 1 saturated carbocycles. The maximum absolute atomic E-state index is 12.8. The van der Waals surface area contributed by atoms with Gasteiger partial charge in [-0.2, -0.15) is 13.2 Å². The number of carbonyl (C=O) groups is 2. The second kappa shape index (κ2) is 10.9. The molecule has 6 nitrogen and oxygen atoms in total. The van der Waals surface area contributed by atoms with Gasteiger partial charge in [0.2, 0.25) is 5.91 Å². The Morgan fingerprint density at radius 2 is 1.94 bits per heavy atom. The summed E-state index contributed by atoms with van der Waals surface area (Å²) in [6.45, 7) is 5.66. The van der Waals surface area contributed by atoms with Crippen molar-refractivity contribution in [2.24, 2.45) is 5.92 Å². The van der Waals surface area contributed by atoms with Crippen LogP contribution in [0.4, 0.5) is 13.2 Å². The van der Waals surface area contributed by atoms with Gasteiger partial charge in [0.05, 0.1) is 18.2 Å². The molecule has 1 fully saturated rings. The average molecular weight is 444 g/mol. The molecular formula is C22H32F3N3O3. The first-order valence-corrected chi connectivity index (χ1v) is 10.7. The fourth-order valence-corrected chi connectivity index (χ4v) is 4.09. The van der Waals surface area contributed by atoms with Crippen LogP contribution in [0, 0.1) is 5.92 Å². The zero-order valence-electron chi connectivity index (χ0n) is 18.1. The van der Waals surface area contributed by atoms with Gasteiger partial charge in [-0.05, 0) is 43.9 Å². The summed E-state index contributed by atoms with van der Waals surface area (Å²) >= 11 is 0. The predicted molar refractivity (Wildman–Crippen MR) is 111 cm³/mol. The van der Waals surface area contributed by atoms with E-state index in [1.165, 1.54) is 6.07 Å². The third-order valence-corrected chi connectivity index (χ3v) is 5.59. The lowest BCUT2D eigenvalue weighted by molar-refractivity contribution is -0.137. The molecule has 1 unspecified atom stereocenters. The van der Waals surface area contributed by atoms with Crippen LogP contribution in [0.1, 0.15) is 62.4 Å². The molecule has 0 aromatic heterocycles. The summed E-state index contributed by atoms with van der Waals surface area (Å²) < 4.78 is 38.4. The Balaban J connectivity index is 1.93. The van der Waals surface area contributed by atoms with Crippen molar-refractivity contribution in [2.75, 3.05) is 6.54 Å². The first kappa shape index (κ1) is 25.1. The molecule has 4 atom stereocenters. The van der Waals surface area contributed by atoms with Crippen LogP contribution in [-0.4, -0.2) is 47.7 Å². The van der Waals surface area contributed by atoms with Crippen LogP contribution in [-0.2, 0) is 11.0 Å². The van der Waals surface area contributed by atoms with E-state index in [1.807, 2.05) is 6.92 Å². The number of hydrogen-bond acceptors (Lipinski definition) is 4. The number of halogens is 3. The molecule has 1 aromatic rings. The number of aliphatic hydroxyl groups is 1. The van der Waals surface area contributed by atoms with Crippen molar-refractivity contribution < 1.29 is 27.9 Å². The summed E-state index contributed by atoms with van der Waals surface area (Å²) in [5, 5.41) is 19.2. The number of aliphatic hydroxyl groups excluding tert-OH is 1. The van der Waals surface area contributed by atoms with Crippen molar-refractivity contribution in [3.05, 3.63) is 35.4 Å². The van der Waals surface area contributed by atoms with E-state index in [4.69, 9.17) is 0 Å².